The van der Waals surface area contributed by atoms with Crippen LogP contribution in [0.5, 0.6) is 0 Å². The molecule has 2 aliphatic heterocycles. The Morgan fingerprint density at radius 2 is 2.50 bits per heavy atom. The fourth-order valence-corrected chi connectivity index (χ4v) is 2.83. The van der Waals surface area contributed by atoms with Crippen molar-refractivity contribution < 1.29 is 14.3 Å². The number of amides is 1. The number of carbonyl (C=O) groups is 1. The molecule has 1 unspecified atom stereocenters. The second-order valence-corrected chi connectivity index (χ2v) is 4.82. The minimum absolute atomic E-state index is 0.00389. The van der Waals surface area contributed by atoms with Crippen LogP contribution in [0.2, 0.25) is 0 Å². The first kappa shape index (κ1) is 8.71. The first-order valence-electron chi connectivity index (χ1n) is 3.87. The predicted molar refractivity (Wildman–Crippen MR) is 49.7 cm³/mol. The van der Waals surface area contributed by atoms with Gasteiger partial charge in [-0.2, -0.15) is 0 Å². The van der Waals surface area contributed by atoms with Crippen molar-refractivity contribution in [3.05, 3.63) is 0 Å². The van der Waals surface area contributed by atoms with Gasteiger partial charge < -0.3 is 14.8 Å². The molecule has 12 heavy (non-hydrogen) atoms. The Labute approximate surface area is 84.1 Å². The summed E-state index contributed by atoms with van der Waals surface area (Å²) < 4.78 is 10.2. The molecule has 68 valence electrons. The van der Waals surface area contributed by atoms with E-state index < -0.39 is 3.73 Å². The van der Waals surface area contributed by atoms with Crippen molar-refractivity contribution in [3.63, 3.8) is 0 Å². The van der Waals surface area contributed by atoms with Gasteiger partial charge in [0.1, 0.15) is 12.7 Å². The monoisotopic (exact) mass is 283 g/mol. The Hall–Kier alpha value is 0.120. The number of morpholine rings is 1. The number of rotatable bonds is 0. The van der Waals surface area contributed by atoms with E-state index in [0.717, 1.165) is 0 Å². The Kier molecular flexibility index (Phi) is 2.04. The summed E-state index contributed by atoms with van der Waals surface area (Å²) in [5.74, 6) is 0.247. The van der Waals surface area contributed by atoms with Gasteiger partial charge in [0.2, 0.25) is 9.64 Å². The Morgan fingerprint density at radius 3 is 3.25 bits per heavy atom. The molecule has 3 atom stereocenters. The van der Waals surface area contributed by atoms with E-state index in [2.05, 4.69) is 34.8 Å². The molecule has 4 nitrogen and oxygen atoms in total. The smallest absolute Gasteiger partial charge is 0.248 e. The molecule has 0 radical (unpaired) electrons. The van der Waals surface area contributed by atoms with E-state index in [0.29, 0.717) is 12.5 Å². The zero-order chi connectivity index (χ0) is 8.77. The molecule has 1 N–H and O–H groups in total. The standard InChI is InChI=1S/C7H10INO3/c1-4-2-12-7(8)6(4)11-3-5(10)9-7/h4,6H,2-3H2,1H3,(H,9,10)/t4?,6-,7-/m1/s1. The molecule has 2 heterocycles. The maximum atomic E-state index is 11.0. The number of hydrogen-bond acceptors (Lipinski definition) is 3. The molecule has 1 amide bonds. The van der Waals surface area contributed by atoms with Crippen LogP contribution in [0.4, 0.5) is 0 Å². The summed E-state index contributed by atoms with van der Waals surface area (Å²) in [5, 5.41) is 2.79. The minimum atomic E-state index is -0.619. The SMILES string of the molecule is CC1CO[C@]2(I)NC(=O)CO[C@H]12. The van der Waals surface area contributed by atoms with E-state index in [4.69, 9.17) is 9.47 Å². The van der Waals surface area contributed by atoms with E-state index in [-0.39, 0.29) is 18.6 Å². The fourth-order valence-electron chi connectivity index (χ4n) is 1.56. The third-order valence-electron chi connectivity index (χ3n) is 2.14. The van der Waals surface area contributed by atoms with Crippen molar-refractivity contribution in [2.45, 2.75) is 16.8 Å². The van der Waals surface area contributed by atoms with Crippen molar-refractivity contribution in [1.29, 1.82) is 0 Å². The van der Waals surface area contributed by atoms with Crippen molar-refractivity contribution in [3.8, 4) is 0 Å². The summed E-state index contributed by atoms with van der Waals surface area (Å²) in [6.45, 7) is 2.86. The Balaban J connectivity index is 2.19. The lowest BCUT2D eigenvalue weighted by atomic mass is 10.1. The van der Waals surface area contributed by atoms with Gasteiger partial charge in [-0.1, -0.05) is 6.92 Å². The van der Waals surface area contributed by atoms with Crippen molar-refractivity contribution >= 4 is 28.5 Å². The third-order valence-corrected chi connectivity index (χ3v) is 3.34. The minimum Gasteiger partial charge on any atom is -0.362 e. The molecule has 2 rings (SSSR count). The quantitative estimate of drug-likeness (QED) is 0.394. The average Bonchev–Trinajstić information content (AvgIpc) is 2.27. The van der Waals surface area contributed by atoms with Crippen LogP contribution in [-0.4, -0.2) is 29.0 Å². The molecule has 2 saturated heterocycles. The van der Waals surface area contributed by atoms with E-state index in [9.17, 15) is 4.79 Å². The molecular weight excluding hydrogens is 273 g/mol. The summed E-state index contributed by atoms with van der Waals surface area (Å²) in [6, 6.07) is 0. The molecule has 0 aromatic carbocycles. The normalized spacial score (nSPS) is 47.0. The van der Waals surface area contributed by atoms with E-state index in [1.807, 2.05) is 0 Å². The summed E-state index contributed by atoms with van der Waals surface area (Å²) in [4.78, 5) is 11.0. The molecule has 0 aliphatic carbocycles. The number of hydrogen-bond donors (Lipinski definition) is 1. The van der Waals surface area contributed by atoms with E-state index >= 15 is 0 Å². The lowest BCUT2D eigenvalue weighted by molar-refractivity contribution is -0.147. The molecule has 0 bridgehead atoms. The van der Waals surface area contributed by atoms with Crippen LogP contribution in [0.3, 0.4) is 0 Å². The number of nitrogens with one attached hydrogen (secondary N) is 1. The maximum absolute atomic E-state index is 11.0. The van der Waals surface area contributed by atoms with Crippen molar-refractivity contribution in [2.24, 2.45) is 5.92 Å². The van der Waals surface area contributed by atoms with Gasteiger partial charge in [0.15, 0.2) is 0 Å². The van der Waals surface area contributed by atoms with Crippen LogP contribution in [0, 0.1) is 5.92 Å². The van der Waals surface area contributed by atoms with Gasteiger partial charge in [-0.25, -0.2) is 0 Å². The van der Waals surface area contributed by atoms with Crippen LogP contribution in [-0.2, 0) is 14.3 Å². The van der Waals surface area contributed by atoms with Crippen molar-refractivity contribution in [2.75, 3.05) is 13.2 Å². The van der Waals surface area contributed by atoms with Gasteiger partial charge in [0, 0.05) is 5.92 Å². The fraction of sp³-hybridized carbons (Fsp3) is 0.857. The average molecular weight is 283 g/mol. The highest BCUT2D eigenvalue weighted by atomic mass is 127. The zero-order valence-corrected chi connectivity index (χ0v) is 8.83. The predicted octanol–water partition coefficient (Wildman–Crippen LogP) is 0.257. The first-order chi connectivity index (χ1) is 5.62. The number of carbonyl (C=O) groups excluding carboxylic acids is 1. The van der Waals surface area contributed by atoms with Crippen LogP contribution >= 0.6 is 22.6 Å². The van der Waals surface area contributed by atoms with Crippen LogP contribution in [0.15, 0.2) is 0 Å². The molecule has 0 spiro atoms. The summed E-state index contributed by atoms with van der Waals surface area (Å²) >= 11 is 2.09. The molecule has 5 heteroatoms. The summed E-state index contributed by atoms with van der Waals surface area (Å²) in [5.41, 5.74) is 0. The number of ether oxygens (including phenoxy) is 2. The van der Waals surface area contributed by atoms with Crippen LogP contribution in [0.25, 0.3) is 0 Å². The molecule has 0 aromatic rings. The van der Waals surface area contributed by atoms with Crippen LogP contribution in [0.1, 0.15) is 6.92 Å². The number of fused-ring (bicyclic) bond motifs is 1. The highest BCUT2D eigenvalue weighted by Crippen LogP contribution is 2.37. The Morgan fingerprint density at radius 1 is 1.75 bits per heavy atom. The molecule has 2 aliphatic rings. The van der Waals surface area contributed by atoms with Gasteiger partial charge in [-0.05, 0) is 22.6 Å². The molecule has 0 aromatic heterocycles. The zero-order valence-electron chi connectivity index (χ0n) is 6.67. The van der Waals surface area contributed by atoms with Crippen LogP contribution < -0.4 is 5.32 Å². The second kappa shape index (κ2) is 2.81. The first-order valence-corrected chi connectivity index (χ1v) is 4.95. The van der Waals surface area contributed by atoms with Gasteiger partial charge >= 0.3 is 0 Å². The molecule has 0 saturated carbocycles. The lowest BCUT2D eigenvalue weighted by Gasteiger charge is -2.34. The van der Waals surface area contributed by atoms with E-state index in [1.54, 1.807) is 0 Å². The van der Waals surface area contributed by atoms with Gasteiger partial charge in [0.05, 0.1) is 6.61 Å². The van der Waals surface area contributed by atoms with Gasteiger partial charge in [0.25, 0.3) is 0 Å². The highest BCUT2D eigenvalue weighted by molar-refractivity contribution is 14.1. The third kappa shape index (κ3) is 1.23. The van der Waals surface area contributed by atoms with Crippen molar-refractivity contribution in [1.82, 2.24) is 5.32 Å². The topological polar surface area (TPSA) is 47.6 Å². The van der Waals surface area contributed by atoms with Gasteiger partial charge in [-0.15, -0.1) is 0 Å². The van der Waals surface area contributed by atoms with E-state index in [1.165, 1.54) is 0 Å². The van der Waals surface area contributed by atoms with Gasteiger partial charge in [-0.3, -0.25) is 4.79 Å². The summed E-state index contributed by atoms with van der Waals surface area (Å²) in [7, 11) is 0. The Bertz CT molecular complexity index is 223. The highest BCUT2D eigenvalue weighted by Gasteiger charge is 2.51. The molecular formula is C7H10INO3. The summed E-state index contributed by atoms with van der Waals surface area (Å²) in [6.07, 6.45) is -0.00389. The second-order valence-electron chi connectivity index (χ2n) is 3.21. The molecule has 2 fully saturated rings. The largest absolute Gasteiger partial charge is 0.362 e. The maximum Gasteiger partial charge on any atom is 0.248 e. The lowest BCUT2D eigenvalue weighted by Crippen LogP contribution is -2.57. The number of alkyl halides is 1. The number of halogens is 1.